The zero-order valence-corrected chi connectivity index (χ0v) is 14.9. The predicted molar refractivity (Wildman–Crippen MR) is 100.0 cm³/mol. The number of amides is 3. The van der Waals surface area contributed by atoms with Gasteiger partial charge in [-0.15, -0.1) is 0 Å². The van der Waals surface area contributed by atoms with Crippen molar-refractivity contribution in [2.75, 3.05) is 29.3 Å². The topological polar surface area (TPSA) is 97.0 Å². The number of para-hydroxylation sites is 2. The molecule has 1 heterocycles. The number of hydrogen-bond donors (Lipinski definition) is 2. The van der Waals surface area contributed by atoms with E-state index in [1.807, 2.05) is 0 Å². The summed E-state index contributed by atoms with van der Waals surface area (Å²) >= 11 is 0. The van der Waals surface area contributed by atoms with Crippen molar-refractivity contribution in [3.05, 3.63) is 48.5 Å². The Morgan fingerprint density at radius 3 is 2.52 bits per heavy atom. The second-order valence-electron chi connectivity index (χ2n) is 5.69. The highest BCUT2D eigenvalue weighted by atomic mass is 16.5. The Balaban J connectivity index is 1.94. The van der Waals surface area contributed by atoms with Gasteiger partial charge in [0, 0.05) is 5.69 Å². The second kappa shape index (κ2) is 7.77. The fourth-order valence-electron chi connectivity index (χ4n) is 2.77. The Kier molecular flexibility index (Phi) is 5.25. The number of ether oxygens (including phenoxy) is 2. The molecule has 0 radical (unpaired) electrons. The molecule has 27 heavy (non-hydrogen) atoms. The molecule has 1 aliphatic rings. The highest BCUT2D eigenvalue weighted by molar-refractivity contribution is 6.22. The lowest BCUT2D eigenvalue weighted by atomic mass is 10.1. The monoisotopic (exact) mass is 369 g/mol. The molecule has 8 heteroatoms. The maximum atomic E-state index is 12.9. The zero-order valence-electron chi connectivity index (χ0n) is 14.9. The van der Waals surface area contributed by atoms with Crippen LogP contribution in [0.25, 0.3) is 0 Å². The van der Waals surface area contributed by atoms with E-state index in [1.165, 1.54) is 0 Å². The van der Waals surface area contributed by atoms with E-state index < -0.39 is 23.9 Å². The number of nitrogens with one attached hydrogen (secondary N) is 2. The van der Waals surface area contributed by atoms with E-state index in [0.29, 0.717) is 22.8 Å². The summed E-state index contributed by atoms with van der Waals surface area (Å²) in [7, 11) is 1.54. The van der Waals surface area contributed by atoms with E-state index in [2.05, 4.69) is 10.6 Å². The first-order valence-electron chi connectivity index (χ1n) is 8.36. The Hall–Kier alpha value is -3.55. The third-order valence-corrected chi connectivity index (χ3v) is 4.00. The first-order chi connectivity index (χ1) is 13.0. The molecule has 2 aromatic carbocycles. The maximum Gasteiger partial charge on any atom is 0.339 e. The van der Waals surface area contributed by atoms with Gasteiger partial charge in [-0.2, -0.15) is 0 Å². The van der Waals surface area contributed by atoms with Crippen LogP contribution in [0.3, 0.4) is 0 Å². The van der Waals surface area contributed by atoms with Gasteiger partial charge >= 0.3 is 12.0 Å². The van der Waals surface area contributed by atoms with Crippen molar-refractivity contribution in [3.8, 4) is 5.75 Å². The number of methoxy groups -OCH3 is 1. The van der Waals surface area contributed by atoms with Gasteiger partial charge in [-0.1, -0.05) is 12.1 Å². The van der Waals surface area contributed by atoms with Gasteiger partial charge in [0.05, 0.1) is 25.1 Å². The summed E-state index contributed by atoms with van der Waals surface area (Å²) in [6.07, 6.45) is 0. The summed E-state index contributed by atoms with van der Waals surface area (Å²) in [6, 6.07) is 11.4. The molecule has 1 aliphatic heterocycles. The molecule has 0 saturated carbocycles. The molecular weight excluding hydrogens is 350 g/mol. The molecule has 2 N–H and O–H groups in total. The van der Waals surface area contributed by atoms with Gasteiger partial charge < -0.3 is 20.1 Å². The molecule has 140 valence electrons. The highest BCUT2D eigenvalue weighted by Crippen LogP contribution is 2.33. The predicted octanol–water partition coefficient (Wildman–Crippen LogP) is 2.62. The molecule has 8 nitrogen and oxygen atoms in total. The first kappa shape index (κ1) is 18.2. The third kappa shape index (κ3) is 3.69. The number of fused-ring (bicyclic) bond motifs is 1. The second-order valence-corrected chi connectivity index (χ2v) is 5.69. The number of carbonyl (C=O) groups excluding carboxylic acids is 3. The van der Waals surface area contributed by atoms with Gasteiger partial charge in [0.15, 0.2) is 0 Å². The van der Waals surface area contributed by atoms with E-state index >= 15 is 0 Å². The fourth-order valence-corrected chi connectivity index (χ4v) is 2.77. The zero-order chi connectivity index (χ0) is 19.4. The van der Waals surface area contributed by atoms with Gasteiger partial charge in [-0.3, -0.25) is 9.69 Å². The van der Waals surface area contributed by atoms with Crippen LogP contribution in [0.1, 0.15) is 6.92 Å². The van der Waals surface area contributed by atoms with Crippen molar-refractivity contribution in [1.29, 1.82) is 0 Å². The van der Waals surface area contributed by atoms with Crippen LogP contribution in [-0.2, 0) is 14.3 Å². The number of urea groups is 1. The number of esters is 1. The van der Waals surface area contributed by atoms with Crippen LogP contribution in [0.5, 0.6) is 5.75 Å². The molecule has 0 bridgehead atoms. The van der Waals surface area contributed by atoms with Crippen molar-refractivity contribution in [2.24, 2.45) is 0 Å². The minimum atomic E-state index is -1.42. The molecule has 3 rings (SSSR count). The summed E-state index contributed by atoms with van der Waals surface area (Å²) < 4.78 is 10.1. The Labute approximate surface area is 156 Å². The number of benzene rings is 2. The first-order valence-corrected chi connectivity index (χ1v) is 8.36. The van der Waals surface area contributed by atoms with Crippen molar-refractivity contribution >= 4 is 35.0 Å². The summed E-state index contributed by atoms with van der Waals surface area (Å²) in [6.45, 7) is 1.73. The largest absolute Gasteiger partial charge is 0.497 e. The highest BCUT2D eigenvalue weighted by Gasteiger charge is 2.42. The normalized spacial score (nSPS) is 15.4. The standard InChI is InChI=1S/C19H19N3O5/c1-3-27-18(24)16-17(23)21-14-6-4-5-7-15(14)22(16)19(25)20-12-8-10-13(26-2)11-9-12/h4-11,16H,3H2,1-2H3,(H,20,25)(H,21,23). The Bertz CT molecular complexity index is 866. The molecule has 2 aromatic rings. The van der Waals surface area contributed by atoms with Crippen molar-refractivity contribution < 1.29 is 23.9 Å². The molecule has 1 atom stereocenters. The summed E-state index contributed by atoms with van der Waals surface area (Å²) in [5.41, 5.74) is 1.33. The van der Waals surface area contributed by atoms with E-state index in [4.69, 9.17) is 9.47 Å². The van der Waals surface area contributed by atoms with Crippen LogP contribution < -0.4 is 20.3 Å². The van der Waals surface area contributed by atoms with Gasteiger partial charge in [-0.25, -0.2) is 9.59 Å². The minimum Gasteiger partial charge on any atom is -0.497 e. The molecule has 0 spiro atoms. The summed E-state index contributed by atoms with van der Waals surface area (Å²) in [5, 5.41) is 5.33. The molecule has 3 amide bonds. The van der Waals surface area contributed by atoms with Crippen molar-refractivity contribution in [3.63, 3.8) is 0 Å². The lowest BCUT2D eigenvalue weighted by Crippen LogP contribution is -2.56. The van der Waals surface area contributed by atoms with Crippen LogP contribution in [0.2, 0.25) is 0 Å². The van der Waals surface area contributed by atoms with Crippen LogP contribution in [0.4, 0.5) is 21.9 Å². The lowest BCUT2D eigenvalue weighted by molar-refractivity contribution is -0.147. The molecule has 0 fully saturated rings. The van der Waals surface area contributed by atoms with Gasteiger partial charge in [0.1, 0.15) is 5.75 Å². The van der Waals surface area contributed by atoms with Crippen molar-refractivity contribution in [1.82, 2.24) is 0 Å². The average molecular weight is 369 g/mol. The van der Waals surface area contributed by atoms with E-state index in [-0.39, 0.29) is 6.61 Å². The molecular formula is C19H19N3O5. The van der Waals surface area contributed by atoms with E-state index in [1.54, 1.807) is 62.6 Å². The summed E-state index contributed by atoms with van der Waals surface area (Å²) in [4.78, 5) is 38.9. The van der Waals surface area contributed by atoms with Crippen molar-refractivity contribution in [2.45, 2.75) is 13.0 Å². The molecule has 0 aliphatic carbocycles. The number of anilines is 3. The smallest absolute Gasteiger partial charge is 0.339 e. The van der Waals surface area contributed by atoms with Crippen LogP contribution in [0, 0.1) is 0 Å². The Morgan fingerprint density at radius 1 is 1.15 bits per heavy atom. The van der Waals surface area contributed by atoms with Crippen LogP contribution in [-0.4, -0.2) is 37.7 Å². The quantitative estimate of drug-likeness (QED) is 0.638. The number of rotatable bonds is 4. The van der Waals surface area contributed by atoms with Crippen LogP contribution >= 0.6 is 0 Å². The number of hydrogen-bond acceptors (Lipinski definition) is 5. The van der Waals surface area contributed by atoms with Gasteiger partial charge in [0.25, 0.3) is 5.91 Å². The SMILES string of the molecule is CCOC(=O)C1C(=O)Nc2ccccc2N1C(=O)Nc1ccc(OC)cc1. The number of nitrogens with zero attached hydrogens (tertiary/aromatic N) is 1. The molecule has 0 saturated heterocycles. The molecule has 0 aromatic heterocycles. The van der Waals surface area contributed by atoms with E-state index in [0.717, 1.165) is 4.90 Å². The number of carbonyl (C=O) groups is 3. The summed E-state index contributed by atoms with van der Waals surface area (Å²) in [5.74, 6) is -0.786. The average Bonchev–Trinajstić information content (AvgIpc) is 2.67. The maximum absolute atomic E-state index is 12.9. The van der Waals surface area contributed by atoms with Crippen LogP contribution in [0.15, 0.2) is 48.5 Å². The van der Waals surface area contributed by atoms with Gasteiger partial charge in [0.2, 0.25) is 6.04 Å². The van der Waals surface area contributed by atoms with Gasteiger partial charge in [-0.05, 0) is 43.3 Å². The Morgan fingerprint density at radius 2 is 1.85 bits per heavy atom. The molecule has 1 unspecified atom stereocenters. The minimum absolute atomic E-state index is 0.0954. The lowest BCUT2D eigenvalue weighted by Gasteiger charge is -2.34. The third-order valence-electron chi connectivity index (χ3n) is 4.00. The van der Waals surface area contributed by atoms with E-state index in [9.17, 15) is 14.4 Å². The fraction of sp³-hybridized carbons (Fsp3) is 0.211.